The highest BCUT2D eigenvalue weighted by atomic mass is 16.5. The van der Waals surface area contributed by atoms with E-state index < -0.39 is 0 Å². The normalized spacial score (nSPS) is 20.7. The summed E-state index contributed by atoms with van der Waals surface area (Å²) in [4.78, 5) is 11.8. The molecule has 1 aliphatic carbocycles. The largest absolute Gasteiger partial charge is 0.382 e. The average molecular weight is 198 g/mol. The van der Waals surface area contributed by atoms with Gasteiger partial charge in [-0.2, -0.15) is 0 Å². The van der Waals surface area contributed by atoms with Gasteiger partial charge in [0.2, 0.25) is 0 Å². The molecule has 0 heterocycles. The number of Topliss-reactive ketones (excluding diaryl/α,β-unsaturated/α-hetero) is 1. The van der Waals surface area contributed by atoms with Crippen molar-refractivity contribution in [2.45, 2.75) is 58.0 Å². The Morgan fingerprint density at radius 1 is 1.36 bits per heavy atom. The molecule has 1 atom stereocenters. The standard InChI is InChI=1S/C12H22O2/c1-10(14-2)8-9-12(13)11-6-4-3-5-7-11/h10-11H,3-9H2,1-2H3. The summed E-state index contributed by atoms with van der Waals surface area (Å²) in [6, 6.07) is 0. The molecule has 0 amide bonds. The minimum Gasteiger partial charge on any atom is -0.382 e. The SMILES string of the molecule is COC(C)CCC(=O)C1CCCCC1. The van der Waals surface area contributed by atoms with Crippen molar-refractivity contribution in [3.05, 3.63) is 0 Å². The summed E-state index contributed by atoms with van der Waals surface area (Å²) in [6.45, 7) is 2.02. The second kappa shape index (κ2) is 6.18. The first-order valence-corrected chi connectivity index (χ1v) is 5.79. The van der Waals surface area contributed by atoms with Crippen LogP contribution in [0, 0.1) is 5.92 Å². The molecule has 2 heteroatoms. The van der Waals surface area contributed by atoms with E-state index in [-0.39, 0.29) is 6.10 Å². The Morgan fingerprint density at radius 2 is 2.00 bits per heavy atom. The quantitative estimate of drug-likeness (QED) is 0.679. The third kappa shape index (κ3) is 3.79. The first-order chi connectivity index (χ1) is 6.74. The van der Waals surface area contributed by atoms with Gasteiger partial charge in [-0.3, -0.25) is 4.79 Å². The maximum atomic E-state index is 11.8. The molecule has 0 aromatic heterocycles. The Bertz CT molecular complexity index is 171. The highest BCUT2D eigenvalue weighted by Gasteiger charge is 2.20. The van der Waals surface area contributed by atoms with Crippen LogP contribution in [0.5, 0.6) is 0 Å². The zero-order valence-electron chi connectivity index (χ0n) is 9.42. The van der Waals surface area contributed by atoms with Crippen LogP contribution >= 0.6 is 0 Å². The van der Waals surface area contributed by atoms with Crippen LogP contribution in [0.4, 0.5) is 0 Å². The van der Waals surface area contributed by atoms with Crippen molar-refractivity contribution in [2.24, 2.45) is 5.92 Å². The molecule has 1 saturated carbocycles. The fraction of sp³-hybridized carbons (Fsp3) is 0.917. The van der Waals surface area contributed by atoms with Crippen LogP contribution in [-0.4, -0.2) is 19.0 Å². The second-order valence-corrected chi connectivity index (χ2v) is 4.39. The van der Waals surface area contributed by atoms with Gasteiger partial charge in [0.25, 0.3) is 0 Å². The summed E-state index contributed by atoms with van der Waals surface area (Å²) < 4.78 is 5.14. The van der Waals surface area contributed by atoms with Gasteiger partial charge in [0.05, 0.1) is 6.10 Å². The molecule has 0 N–H and O–H groups in total. The smallest absolute Gasteiger partial charge is 0.136 e. The van der Waals surface area contributed by atoms with Crippen LogP contribution in [-0.2, 0) is 9.53 Å². The van der Waals surface area contributed by atoms with E-state index in [2.05, 4.69) is 0 Å². The molecule has 0 aromatic rings. The predicted molar refractivity (Wildman–Crippen MR) is 57.3 cm³/mol. The Balaban J connectivity index is 2.19. The van der Waals surface area contributed by atoms with Gasteiger partial charge < -0.3 is 4.74 Å². The molecule has 0 saturated heterocycles. The predicted octanol–water partition coefficient (Wildman–Crippen LogP) is 2.95. The molecule has 0 bridgehead atoms. The second-order valence-electron chi connectivity index (χ2n) is 4.39. The monoisotopic (exact) mass is 198 g/mol. The fourth-order valence-corrected chi connectivity index (χ4v) is 2.09. The number of ketones is 1. The van der Waals surface area contributed by atoms with Crippen molar-refractivity contribution in [3.8, 4) is 0 Å². The van der Waals surface area contributed by atoms with Crippen molar-refractivity contribution >= 4 is 5.78 Å². The summed E-state index contributed by atoms with van der Waals surface area (Å²) in [5.41, 5.74) is 0. The Kier molecular flexibility index (Phi) is 5.16. The van der Waals surface area contributed by atoms with E-state index in [0.29, 0.717) is 18.1 Å². The minimum absolute atomic E-state index is 0.225. The molecule has 0 spiro atoms. The molecule has 0 aliphatic heterocycles. The molecule has 82 valence electrons. The van der Waals surface area contributed by atoms with E-state index in [1.807, 2.05) is 6.92 Å². The number of rotatable bonds is 5. The first kappa shape index (κ1) is 11.7. The van der Waals surface area contributed by atoms with Crippen molar-refractivity contribution < 1.29 is 9.53 Å². The lowest BCUT2D eigenvalue weighted by atomic mass is 9.84. The van der Waals surface area contributed by atoms with Crippen molar-refractivity contribution in [3.63, 3.8) is 0 Å². The van der Waals surface area contributed by atoms with Crippen LogP contribution in [0.1, 0.15) is 51.9 Å². The molecule has 1 rings (SSSR count). The number of methoxy groups -OCH3 is 1. The van der Waals surface area contributed by atoms with E-state index in [0.717, 1.165) is 19.3 Å². The van der Waals surface area contributed by atoms with E-state index in [4.69, 9.17) is 4.74 Å². The number of ether oxygens (including phenoxy) is 1. The lowest BCUT2D eigenvalue weighted by Gasteiger charge is -2.20. The van der Waals surface area contributed by atoms with Crippen molar-refractivity contribution in [2.75, 3.05) is 7.11 Å². The summed E-state index contributed by atoms with van der Waals surface area (Å²) >= 11 is 0. The molecule has 14 heavy (non-hydrogen) atoms. The Labute approximate surface area is 87.0 Å². The number of hydrogen-bond acceptors (Lipinski definition) is 2. The number of carbonyl (C=O) groups is 1. The van der Waals surface area contributed by atoms with E-state index in [9.17, 15) is 4.79 Å². The molecule has 1 unspecified atom stereocenters. The highest BCUT2D eigenvalue weighted by molar-refractivity contribution is 5.81. The molecular formula is C12H22O2. The van der Waals surface area contributed by atoms with Gasteiger partial charge in [-0.05, 0) is 26.2 Å². The van der Waals surface area contributed by atoms with E-state index in [1.165, 1.54) is 19.3 Å². The summed E-state index contributed by atoms with van der Waals surface area (Å²) in [5.74, 6) is 0.835. The zero-order chi connectivity index (χ0) is 10.4. The van der Waals surface area contributed by atoms with Gasteiger partial charge in [0.1, 0.15) is 5.78 Å². The molecule has 1 fully saturated rings. The van der Waals surface area contributed by atoms with Crippen LogP contribution < -0.4 is 0 Å². The molecule has 0 aromatic carbocycles. The van der Waals surface area contributed by atoms with Gasteiger partial charge in [-0.1, -0.05) is 19.3 Å². The van der Waals surface area contributed by atoms with Gasteiger partial charge in [0.15, 0.2) is 0 Å². The summed E-state index contributed by atoms with van der Waals surface area (Å²) in [5, 5.41) is 0. The highest BCUT2D eigenvalue weighted by Crippen LogP contribution is 2.25. The maximum Gasteiger partial charge on any atom is 0.136 e. The van der Waals surface area contributed by atoms with Crippen LogP contribution in [0.15, 0.2) is 0 Å². The van der Waals surface area contributed by atoms with Crippen molar-refractivity contribution in [1.82, 2.24) is 0 Å². The topological polar surface area (TPSA) is 26.3 Å². The van der Waals surface area contributed by atoms with Crippen LogP contribution in [0.25, 0.3) is 0 Å². The number of carbonyl (C=O) groups excluding carboxylic acids is 1. The minimum atomic E-state index is 0.225. The van der Waals surface area contributed by atoms with E-state index >= 15 is 0 Å². The molecule has 2 nitrogen and oxygen atoms in total. The fourth-order valence-electron chi connectivity index (χ4n) is 2.09. The van der Waals surface area contributed by atoms with Gasteiger partial charge in [-0.25, -0.2) is 0 Å². The zero-order valence-corrected chi connectivity index (χ0v) is 9.42. The first-order valence-electron chi connectivity index (χ1n) is 5.79. The molecular weight excluding hydrogens is 176 g/mol. The summed E-state index contributed by atoms with van der Waals surface area (Å²) in [7, 11) is 1.70. The third-order valence-corrected chi connectivity index (χ3v) is 3.26. The Morgan fingerprint density at radius 3 is 2.57 bits per heavy atom. The average Bonchev–Trinajstić information content (AvgIpc) is 2.26. The lowest BCUT2D eigenvalue weighted by Crippen LogP contribution is -2.19. The maximum absolute atomic E-state index is 11.8. The van der Waals surface area contributed by atoms with Crippen LogP contribution in [0.2, 0.25) is 0 Å². The van der Waals surface area contributed by atoms with Gasteiger partial charge in [0, 0.05) is 19.4 Å². The Hall–Kier alpha value is -0.370. The number of hydrogen-bond donors (Lipinski definition) is 0. The lowest BCUT2D eigenvalue weighted by molar-refractivity contribution is -0.124. The molecule has 0 radical (unpaired) electrons. The van der Waals surface area contributed by atoms with Gasteiger partial charge in [-0.15, -0.1) is 0 Å². The molecule has 1 aliphatic rings. The van der Waals surface area contributed by atoms with Gasteiger partial charge >= 0.3 is 0 Å². The van der Waals surface area contributed by atoms with Crippen molar-refractivity contribution in [1.29, 1.82) is 0 Å². The third-order valence-electron chi connectivity index (χ3n) is 3.26. The van der Waals surface area contributed by atoms with E-state index in [1.54, 1.807) is 7.11 Å². The van der Waals surface area contributed by atoms with Crippen LogP contribution in [0.3, 0.4) is 0 Å². The summed E-state index contributed by atoms with van der Waals surface area (Å²) in [6.07, 6.45) is 7.87.